The van der Waals surface area contributed by atoms with Gasteiger partial charge in [0.25, 0.3) is 5.91 Å². The van der Waals surface area contributed by atoms with Gasteiger partial charge in [-0.1, -0.05) is 5.16 Å². The number of aliphatic carboxylic acids is 1. The van der Waals surface area contributed by atoms with E-state index in [0.29, 0.717) is 0 Å². The van der Waals surface area contributed by atoms with Crippen molar-refractivity contribution in [2.24, 2.45) is 10.3 Å². The Morgan fingerprint density at radius 1 is 1.41 bits per heavy atom. The summed E-state index contributed by atoms with van der Waals surface area (Å²) in [5.74, 6) is -2.56. The van der Waals surface area contributed by atoms with Crippen molar-refractivity contribution in [2.75, 3.05) is 11.9 Å². The van der Waals surface area contributed by atoms with Crippen LogP contribution < -0.4 is 20.9 Å². The number of oxime groups is 1. The van der Waals surface area contributed by atoms with Gasteiger partial charge in [-0.3, -0.25) is 14.9 Å². The molecule has 0 aromatic carbocycles. The highest BCUT2D eigenvalue weighted by molar-refractivity contribution is 7.14. The first-order chi connectivity index (χ1) is 15.9. The van der Waals surface area contributed by atoms with Gasteiger partial charge in [-0.25, -0.2) is 14.6 Å². The van der Waals surface area contributed by atoms with Gasteiger partial charge in [-0.2, -0.15) is 0 Å². The summed E-state index contributed by atoms with van der Waals surface area (Å²) in [6.45, 7) is 5.05. The number of carboxylic acid groups (broad SMARTS) is 1. The van der Waals surface area contributed by atoms with Gasteiger partial charge in [0.1, 0.15) is 34.5 Å². The van der Waals surface area contributed by atoms with Crippen LogP contribution in [0.3, 0.4) is 0 Å². The lowest BCUT2D eigenvalue weighted by Crippen LogP contribution is -2.70. The second-order valence-corrected chi connectivity index (χ2v) is 9.34. The molecule has 1 saturated heterocycles. The molecule has 1 aliphatic carbocycles. The lowest BCUT2D eigenvalue weighted by Gasteiger charge is -2.34. The van der Waals surface area contributed by atoms with Crippen LogP contribution in [0.5, 0.6) is 0 Å². The smallest absolute Gasteiger partial charge is 0.413 e. The Bertz CT molecular complexity index is 1080. The number of carboxylic acids is 1. The van der Waals surface area contributed by atoms with Crippen LogP contribution in [-0.4, -0.2) is 69.5 Å². The molecule has 2 aliphatic rings. The molecule has 1 aliphatic heterocycles. The molecule has 2 heterocycles. The van der Waals surface area contributed by atoms with E-state index in [4.69, 9.17) is 15.1 Å². The van der Waals surface area contributed by atoms with Crippen molar-refractivity contribution in [1.82, 2.24) is 20.5 Å². The predicted molar refractivity (Wildman–Crippen MR) is 115 cm³/mol. The van der Waals surface area contributed by atoms with Crippen LogP contribution in [-0.2, 0) is 24.0 Å². The lowest BCUT2D eigenvalue weighted by atomic mass is 9.99. The van der Waals surface area contributed by atoms with E-state index in [9.17, 15) is 24.3 Å². The van der Waals surface area contributed by atoms with E-state index in [-0.39, 0.29) is 35.9 Å². The first-order valence-corrected chi connectivity index (χ1v) is 10.9. The van der Waals surface area contributed by atoms with Crippen LogP contribution in [0.4, 0.5) is 9.93 Å². The van der Waals surface area contributed by atoms with Crippen LogP contribution in [0.15, 0.2) is 15.7 Å². The maximum Gasteiger partial charge on any atom is 0.413 e. The third-order valence-electron chi connectivity index (χ3n) is 4.62. The number of aromatic nitrogens is 1. The summed E-state index contributed by atoms with van der Waals surface area (Å²) in [4.78, 5) is 60.4. The number of amides is 3. The molecular formula is C18H23N8O7S+. The Hall–Kier alpha value is -3.91. The zero-order valence-corrected chi connectivity index (χ0v) is 19.3. The molecule has 1 aromatic heterocycles. The number of hydrogen-bond donors (Lipinski definition) is 5. The predicted octanol–water partition coefficient (Wildman–Crippen LogP) is 0.362. The lowest BCUT2D eigenvalue weighted by molar-refractivity contribution is -0.153. The highest BCUT2D eigenvalue weighted by atomic mass is 32.1. The molecule has 3 rings (SSSR count). The van der Waals surface area contributed by atoms with Crippen LogP contribution in [0.25, 0.3) is 0 Å². The van der Waals surface area contributed by atoms with Gasteiger partial charge < -0.3 is 25.3 Å². The second-order valence-electron chi connectivity index (χ2n) is 8.49. The molecule has 5 N–H and O–H groups in total. The van der Waals surface area contributed by atoms with Gasteiger partial charge >= 0.3 is 12.1 Å². The average Bonchev–Trinajstić information content (AvgIpc) is 3.40. The van der Waals surface area contributed by atoms with Crippen molar-refractivity contribution in [3.05, 3.63) is 11.1 Å². The monoisotopic (exact) mass is 495 g/mol. The highest BCUT2D eigenvalue weighted by Gasteiger charge is 2.54. The minimum Gasteiger partial charge on any atom is -0.478 e. The normalized spacial score (nSPS) is 20.7. The molecular weight excluding hydrogens is 472 g/mol. The first kappa shape index (κ1) is 24.7. The fourth-order valence-corrected chi connectivity index (χ4v) is 3.40. The molecule has 3 amide bonds. The molecule has 0 spiro atoms. The Morgan fingerprint density at radius 2 is 2.12 bits per heavy atom. The van der Waals surface area contributed by atoms with Crippen LogP contribution in [0, 0.1) is 5.53 Å². The van der Waals surface area contributed by atoms with Crippen LogP contribution in [0.1, 0.15) is 39.3 Å². The molecule has 2 fully saturated rings. The number of thiazole rings is 1. The summed E-state index contributed by atoms with van der Waals surface area (Å²) in [6.07, 6.45) is -0.323. The van der Waals surface area contributed by atoms with Crippen molar-refractivity contribution in [1.29, 1.82) is 5.53 Å². The number of β-lactam (4-membered cyclic amide) rings is 1. The number of ether oxygens (including phenoxy) is 1. The van der Waals surface area contributed by atoms with Crippen LogP contribution in [0.2, 0.25) is 0 Å². The van der Waals surface area contributed by atoms with E-state index in [1.807, 2.05) is 0 Å². The summed E-state index contributed by atoms with van der Waals surface area (Å²) < 4.78 is 5.16. The summed E-state index contributed by atoms with van der Waals surface area (Å²) in [5.41, 5.74) is 4.05. The highest BCUT2D eigenvalue weighted by Crippen LogP contribution is 2.40. The van der Waals surface area contributed by atoms with Gasteiger partial charge in [-0.05, 0) is 20.8 Å². The van der Waals surface area contributed by atoms with Crippen molar-refractivity contribution < 1.29 is 33.9 Å². The Morgan fingerprint density at radius 3 is 2.68 bits per heavy atom. The molecule has 16 heteroatoms. The molecule has 182 valence electrons. The zero-order chi connectivity index (χ0) is 25.1. The molecule has 34 heavy (non-hydrogen) atoms. The summed E-state index contributed by atoms with van der Waals surface area (Å²) in [6, 6.07) is -1.56. The first-order valence-electron chi connectivity index (χ1n) is 10.0. The molecule has 0 unspecified atom stereocenters. The molecule has 0 radical (unpaired) electrons. The van der Waals surface area contributed by atoms with Crippen molar-refractivity contribution in [2.45, 2.75) is 56.9 Å². The Labute approximate surface area is 196 Å². The SMILES string of the molecule is CC(C)(C)OC(=O)Nc1nc(C(=NOC2(C(=O)O)CC2)C(=O)N[C@@H]2C(=O)N[C@@H]2CN=[N+]=N)cs1. The fraction of sp³-hybridized carbons (Fsp3) is 0.556. The Kier molecular flexibility index (Phi) is 6.93. The second kappa shape index (κ2) is 9.52. The van der Waals surface area contributed by atoms with E-state index in [2.05, 4.69) is 36.1 Å². The number of anilines is 1. The van der Waals surface area contributed by atoms with E-state index in [1.54, 1.807) is 20.8 Å². The van der Waals surface area contributed by atoms with Gasteiger partial charge in [0.2, 0.25) is 16.4 Å². The topological polar surface area (TPSA) is 219 Å². The van der Waals surface area contributed by atoms with Gasteiger partial charge in [0, 0.05) is 18.2 Å². The van der Waals surface area contributed by atoms with Gasteiger partial charge in [-0.15, -0.1) is 11.3 Å². The molecule has 0 bridgehead atoms. The standard InChI is InChI=1S/C18H22N8O7S/c1-17(2,3)32-16(31)24-15-22-9(7-34-15)11(25-33-18(4-5-18)14(29)30)13(28)23-10-8(6-20-26-19)21-12(10)27/h7-8,10,19H,4-6H2,1-3H3,(H3-,21,22,23,24,27,28,29,30,31)/p+1/t8-,10+/m1/s1. The molecule has 15 nitrogen and oxygen atoms in total. The number of nitrogens with zero attached hydrogens (tertiary/aromatic N) is 4. The number of carbonyl (C=O) groups excluding carboxylic acids is 3. The maximum atomic E-state index is 13.0. The van der Waals surface area contributed by atoms with E-state index in [0.717, 1.165) is 11.3 Å². The number of nitrogens with one attached hydrogen (secondary N) is 4. The van der Waals surface area contributed by atoms with E-state index >= 15 is 0 Å². The average molecular weight is 495 g/mol. The van der Waals surface area contributed by atoms with Gasteiger partial charge in [0.15, 0.2) is 10.8 Å². The zero-order valence-electron chi connectivity index (χ0n) is 18.4. The van der Waals surface area contributed by atoms with Crippen LogP contribution >= 0.6 is 11.3 Å². The van der Waals surface area contributed by atoms with Crippen molar-refractivity contribution >= 4 is 46.1 Å². The van der Waals surface area contributed by atoms with E-state index in [1.165, 1.54) is 5.38 Å². The minimum atomic E-state index is -1.52. The fourth-order valence-electron chi connectivity index (χ4n) is 2.72. The van der Waals surface area contributed by atoms with Crippen molar-refractivity contribution in [3.8, 4) is 0 Å². The maximum absolute atomic E-state index is 13.0. The summed E-state index contributed by atoms with van der Waals surface area (Å²) in [5, 5.41) is 25.5. The largest absolute Gasteiger partial charge is 0.478 e. The molecule has 2 atom stereocenters. The summed E-state index contributed by atoms with van der Waals surface area (Å²) in [7, 11) is 0. The minimum absolute atomic E-state index is 0.0168. The summed E-state index contributed by atoms with van der Waals surface area (Å²) >= 11 is 0.972. The van der Waals surface area contributed by atoms with Crippen molar-refractivity contribution in [3.63, 3.8) is 0 Å². The third kappa shape index (κ3) is 5.90. The number of carbonyl (C=O) groups is 4. The van der Waals surface area contributed by atoms with Gasteiger partial charge in [0.05, 0.1) is 6.04 Å². The number of hydrogen-bond acceptors (Lipinski definition) is 11. The molecule has 1 aromatic rings. The third-order valence-corrected chi connectivity index (χ3v) is 5.38. The number of rotatable bonds is 9. The quantitative estimate of drug-likeness (QED) is 0.106. The Balaban J connectivity index is 1.79. The molecule has 1 saturated carbocycles. The van der Waals surface area contributed by atoms with E-state index < -0.39 is 47.2 Å².